The van der Waals surface area contributed by atoms with E-state index in [-0.39, 0.29) is 24.2 Å². The lowest BCUT2D eigenvalue weighted by Crippen LogP contribution is -2.39. The molecule has 0 spiro atoms. The zero-order valence-electron chi connectivity index (χ0n) is 13.2. The summed E-state index contributed by atoms with van der Waals surface area (Å²) in [6, 6.07) is 5.72. The van der Waals surface area contributed by atoms with Gasteiger partial charge in [-0.1, -0.05) is 26.0 Å². The fraction of sp³-hybridized carbons (Fsp3) is 0.375. The topological polar surface area (TPSA) is 68.0 Å². The zero-order chi connectivity index (χ0) is 15.6. The minimum atomic E-state index is -0.515. The van der Waals surface area contributed by atoms with Crippen LogP contribution in [0.15, 0.2) is 23.6 Å². The van der Waals surface area contributed by atoms with Gasteiger partial charge in [-0.3, -0.25) is 4.79 Å². The van der Waals surface area contributed by atoms with Gasteiger partial charge in [-0.15, -0.1) is 23.7 Å². The number of thiazole rings is 1. The Labute approximate surface area is 141 Å². The van der Waals surface area contributed by atoms with E-state index in [1.165, 1.54) is 22.5 Å². The number of carbonyl (C=O) groups is 1. The fourth-order valence-electron chi connectivity index (χ4n) is 1.86. The number of carbonyl (C=O) groups excluding carboxylic acids is 1. The Morgan fingerprint density at radius 2 is 1.95 bits per heavy atom. The quantitative estimate of drug-likeness (QED) is 0.890. The maximum atomic E-state index is 11.9. The smallest absolute Gasteiger partial charge is 0.243 e. The maximum Gasteiger partial charge on any atom is 0.243 e. The van der Waals surface area contributed by atoms with Crippen molar-refractivity contribution in [2.24, 2.45) is 11.7 Å². The number of aromatic nitrogens is 1. The molecule has 2 aromatic rings. The molecule has 0 radical (unpaired) electrons. The van der Waals surface area contributed by atoms with E-state index in [1.807, 2.05) is 25.3 Å². The van der Waals surface area contributed by atoms with Crippen molar-refractivity contribution >= 4 is 34.8 Å². The molecular weight excluding hydrogens is 318 g/mol. The Morgan fingerprint density at radius 3 is 2.55 bits per heavy atom. The highest BCUT2D eigenvalue weighted by Gasteiger charge is 2.18. The van der Waals surface area contributed by atoms with Crippen molar-refractivity contribution in [1.82, 2.24) is 4.98 Å². The van der Waals surface area contributed by atoms with Crippen LogP contribution in [-0.4, -0.2) is 16.9 Å². The summed E-state index contributed by atoms with van der Waals surface area (Å²) >= 11 is 1.41. The Kier molecular flexibility index (Phi) is 6.53. The summed E-state index contributed by atoms with van der Waals surface area (Å²) in [4.78, 5) is 16.4. The summed E-state index contributed by atoms with van der Waals surface area (Å²) in [7, 11) is 0. The maximum absolute atomic E-state index is 11.9. The number of halogens is 1. The van der Waals surface area contributed by atoms with E-state index in [0.29, 0.717) is 5.13 Å². The largest absolute Gasteiger partial charge is 0.320 e. The summed E-state index contributed by atoms with van der Waals surface area (Å²) < 4.78 is 0. The van der Waals surface area contributed by atoms with Crippen LogP contribution < -0.4 is 11.1 Å². The second-order valence-corrected chi connectivity index (χ2v) is 6.45. The molecule has 4 nitrogen and oxygen atoms in total. The van der Waals surface area contributed by atoms with Gasteiger partial charge in [0.1, 0.15) is 0 Å². The third-order valence-corrected chi connectivity index (χ3v) is 4.32. The van der Waals surface area contributed by atoms with Crippen LogP contribution >= 0.6 is 23.7 Å². The number of hydrogen-bond donors (Lipinski definition) is 2. The van der Waals surface area contributed by atoms with E-state index in [4.69, 9.17) is 5.73 Å². The van der Waals surface area contributed by atoms with Crippen molar-refractivity contribution in [2.45, 2.75) is 33.7 Å². The van der Waals surface area contributed by atoms with Crippen molar-refractivity contribution in [3.63, 3.8) is 0 Å². The fourth-order valence-corrected chi connectivity index (χ4v) is 2.58. The molecule has 0 aliphatic heterocycles. The van der Waals surface area contributed by atoms with Crippen molar-refractivity contribution < 1.29 is 4.79 Å². The van der Waals surface area contributed by atoms with Gasteiger partial charge in [-0.05, 0) is 37.0 Å². The Hall–Kier alpha value is -1.43. The van der Waals surface area contributed by atoms with Gasteiger partial charge in [-0.2, -0.15) is 0 Å². The van der Waals surface area contributed by atoms with Crippen molar-refractivity contribution in [3.05, 3.63) is 34.7 Å². The lowest BCUT2D eigenvalue weighted by molar-refractivity contribution is -0.118. The molecule has 3 N–H and O–H groups in total. The summed E-state index contributed by atoms with van der Waals surface area (Å²) in [5, 5.41) is 5.32. The minimum absolute atomic E-state index is 0. The van der Waals surface area contributed by atoms with Crippen LogP contribution in [0.2, 0.25) is 0 Å². The molecule has 0 saturated carbocycles. The van der Waals surface area contributed by atoms with Crippen LogP contribution in [0.25, 0.3) is 11.3 Å². The van der Waals surface area contributed by atoms with Crippen LogP contribution in [0.4, 0.5) is 5.13 Å². The molecule has 0 fully saturated rings. The highest BCUT2D eigenvalue weighted by molar-refractivity contribution is 7.14. The standard InChI is InChI=1S/C16H21N3OS.ClH/c1-9(2)14(17)15(20)19-16-18-13(8-21-16)12-6-5-10(3)11(4)7-12;/h5-9,14H,17H2,1-4H3,(H,18,19,20);1H/t14-;/m0./s1. The van der Waals surface area contributed by atoms with Gasteiger partial charge < -0.3 is 11.1 Å². The van der Waals surface area contributed by atoms with E-state index >= 15 is 0 Å². The number of nitrogens with two attached hydrogens (primary N) is 1. The Morgan fingerprint density at radius 1 is 1.27 bits per heavy atom. The molecule has 1 atom stereocenters. The summed E-state index contributed by atoms with van der Waals surface area (Å²) in [5.41, 5.74) is 10.2. The van der Waals surface area contributed by atoms with Crippen molar-refractivity contribution in [1.29, 1.82) is 0 Å². The Balaban J connectivity index is 0.00000242. The van der Waals surface area contributed by atoms with Crippen LogP contribution in [0.3, 0.4) is 0 Å². The summed E-state index contributed by atoms with van der Waals surface area (Å²) in [6.45, 7) is 8.01. The monoisotopic (exact) mass is 339 g/mol. The molecule has 1 aromatic carbocycles. The van der Waals surface area contributed by atoms with E-state index < -0.39 is 6.04 Å². The molecule has 1 heterocycles. The number of nitrogens with one attached hydrogen (secondary N) is 1. The highest BCUT2D eigenvalue weighted by atomic mass is 35.5. The van der Waals surface area contributed by atoms with Gasteiger partial charge in [0.05, 0.1) is 11.7 Å². The number of nitrogens with zero attached hydrogens (tertiary/aromatic N) is 1. The number of anilines is 1. The average Bonchev–Trinajstić information content (AvgIpc) is 2.89. The third-order valence-electron chi connectivity index (χ3n) is 3.56. The summed E-state index contributed by atoms with van der Waals surface area (Å²) in [5.74, 6) is -0.0878. The zero-order valence-corrected chi connectivity index (χ0v) is 14.8. The SMILES string of the molecule is Cc1ccc(-c2csc(NC(=O)[C@@H](N)C(C)C)n2)cc1C.Cl. The first-order valence-electron chi connectivity index (χ1n) is 6.98. The van der Waals surface area contributed by atoms with Gasteiger partial charge in [0.25, 0.3) is 0 Å². The number of amides is 1. The molecule has 2 rings (SSSR count). The number of benzene rings is 1. The average molecular weight is 340 g/mol. The summed E-state index contributed by atoms with van der Waals surface area (Å²) in [6.07, 6.45) is 0. The number of aryl methyl sites for hydroxylation is 2. The van der Waals surface area contributed by atoms with E-state index in [0.717, 1.165) is 11.3 Å². The van der Waals surface area contributed by atoms with Gasteiger partial charge in [0, 0.05) is 10.9 Å². The van der Waals surface area contributed by atoms with Gasteiger partial charge in [-0.25, -0.2) is 4.98 Å². The molecule has 0 unspecified atom stereocenters. The van der Waals surface area contributed by atoms with E-state index in [9.17, 15) is 4.79 Å². The molecule has 120 valence electrons. The van der Waals surface area contributed by atoms with Crippen molar-refractivity contribution in [3.8, 4) is 11.3 Å². The lowest BCUT2D eigenvalue weighted by atomic mass is 10.1. The van der Waals surface area contributed by atoms with Crippen LogP contribution in [0, 0.1) is 19.8 Å². The first kappa shape index (κ1) is 18.6. The number of rotatable bonds is 4. The molecular formula is C16H22ClN3OS. The molecule has 0 saturated heterocycles. The third kappa shape index (κ3) is 4.29. The van der Waals surface area contributed by atoms with Gasteiger partial charge in [0.15, 0.2) is 5.13 Å². The Bertz CT molecular complexity index is 655. The molecule has 0 aliphatic carbocycles. The first-order valence-corrected chi connectivity index (χ1v) is 7.86. The first-order chi connectivity index (χ1) is 9.88. The minimum Gasteiger partial charge on any atom is -0.320 e. The van der Waals surface area contributed by atoms with Crippen LogP contribution in [0.1, 0.15) is 25.0 Å². The number of hydrogen-bond acceptors (Lipinski definition) is 4. The molecule has 1 amide bonds. The molecule has 22 heavy (non-hydrogen) atoms. The normalized spacial score (nSPS) is 11.9. The second kappa shape index (κ2) is 7.72. The van der Waals surface area contributed by atoms with E-state index in [2.05, 4.69) is 36.3 Å². The van der Waals surface area contributed by atoms with Gasteiger partial charge >= 0.3 is 0 Å². The second-order valence-electron chi connectivity index (χ2n) is 5.60. The van der Waals surface area contributed by atoms with Gasteiger partial charge in [0.2, 0.25) is 5.91 Å². The lowest BCUT2D eigenvalue weighted by Gasteiger charge is -2.13. The highest BCUT2D eigenvalue weighted by Crippen LogP contribution is 2.26. The van der Waals surface area contributed by atoms with Crippen LogP contribution in [0.5, 0.6) is 0 Å². The predicted molar refractivity (Wildman–Crippen MR) is 95.7 cm³/mol. The molecule has 6 heteroatoms. The molecule has 0 aliphatic rings. The van der Waals surface area contributed by atoms with Crippen molar-refractivity contribution in [2.75, 3.05) is 5.32 Å². The van der Waals surface area contributed by atoms with Crippen LogP contribution in [-0.2, 0) is 4.79 Å². The molecule has 1 aromatic heterocycles. The van der Waals surface area contributed by atoms with E-state index in [1.54, 1.807) is 0 Å². The predicted octanol–water partition coefficient (Wildman–Crippen LogP) is 3.77. The molecule has 0 bridgehead atoms.